The highest BCUT2D eigenvalue weighted by Crippen LogP contribution is 2.39. The Morgan fingerprint density at radius 1 is 0.463 bits per heavy atom. The second kappa shape index (κ2) is 13.4. The van der Waals surface area contributed by atoms with Crippen LogP contribution in [0.4, 0.5) is 0 Å². The number of allylic oxidation sites excluding steroid dienone is 2. The highest BCUT2D eigenvalue weighted by Gasteiger charge is 2.17. The number of fused-ring (bicyclic) bond motifs is 4. The van der Waals surface area contributed by atoms with Crippen molar-refractivity contribution in [3.05, 3.63) is 188 Å². The van der Waals surface area contributed by atoms with Gasteiger partial charge < -0.3 is 5.32 Å². The van der Waals surface area contributed by atoms with Gasteiger partial charge in [-0.3, -0.25) is 9.97 Å². The predicted molar refractivity (Wildman–Crippen MR) is 222 cm³/mol. The molecule has 1 aliphatic heterocycles. The van der Waals surface area contributed by atoms with Crippen molar-refractivity contribution in [1.82, 2.24) is 25.3 Å². The molecule has 54 heavy (non-hydrogen) atoms. The summed E-state index contributed by atoms with van der Waals surface area (Å²) in [6.07, 6.45) is 10.0. The maximum Gasteiger partial charge on any atom is 0.160 e. The maximum atomic E-state index is 5.35. The minimum atomic E-state index is 0.666. The molecule has 0 atom stereocenters. The van der Waals surface area contributed by atoms with E-state index in [0.29, 0.717) is 5.82 Å². The second-order valence-electron chi connectivity index (χ2n) is 13.5. The molecule has 10 rings (SSSR count). The molecule has 0 saturated carbocycles. The molecular weight excluding hydrogens is 659 g/mol. The largest absolute Gasteiger partial charge is 0.381 e. The molecule has 5 heteroatoms. The number of hydrogen-bond donors (Lipinski definition) is 1. The molecule has 1 aliphatic rings. The van der Waals surface area contributed by atoms with Crippen LogP contribution in [-0.2, 0) is 0 Å². The number of rotatable bonds is 6. The van der Waals surface area contributed by atoms with Gasteiger partial charge in [0.15, 0.2) is 5.82 Å². The average Bonchev–Trinajstić information content (AvgIpc) is 3.26. The van der Waals surface area contributed by atoms with Gasteiger partial charge in [0.25, 0.3) is 0 Å². The van der Waals surface area contributed by atoms with Crippen LogP contribution in [-0.4, -0.2) is 26.5 Å². The molecule has 3 aromatic heterocycles. The Labute approximate surface area is 313 Å². The molecular formula is C49H33N5. The van der Waals surface area contributed by atoms with Crippen LogP contribution in [0.2, 0.25) is 0 Å². The molecule has 1 N–H and O–H groups in total. The smallest absolute Gasteiger partial charge is 0.160 e. The lowest BCUT2D eigenvalue weighted by atomic mass is 9.92. The molecule has 0 fully saturated rings. The Morgan fingerprint density at radius 2 is 1.15 bits per heavy atom. The third-order valence-electron chi connectivity index (χ3n) is 10.2. The van der Waals surface area contributed by atoms with E-state index in [2.05, 4.69) is 151 Å². The van der Waals surface area contributed by atoms with Gasteiger partial charge in [0, 0.05) is 51.9 Å². The molecule has 9 aromatic rings. The van der Waals surface area contributed by atoms with Crippen LogP contribution in [0.1, 0.15) is 5.56 Å². The van der Waals surface area contributed by atoms with Gasteiger partial charge in [0.2, 0.25) is 0 Å². The first-order valence-corrected chi connectivity index (χ1v) is 18.2. The summed E-state index contributed by atoms with van der Waals surface area (Å²) in [6.45, 7) is 0.826. The maximum absolute atomic E-state index is 5.35. The van der Waals surface area contributed by atoms with Crippen molar-refractivity contribution in [3.63, 3.8) is 0 Å². The number of nitrogens with one attached hydrogen (secondary N) is 1. The monoisotopic (exact) mass is 691 g/mol. The first-order valence-electron chi connectivity index (χ1n) is 18.2. The summed E-state index contributed by atoms with van der Waals surface area (Å²) < 4.78 is 0. The van der Waals surface area contributed by atoms with Gasteiger partial charge in [-0.25, -0.2) is 9.97 Å². The Bertz CT molecular complexity index is 2910. The zero-order valence-electron chi connectivity index (χ0n) is 29.3. The van der Waals surface area contributed by atoms with Gasteiger partial charge >= 0.3 is 0 Å². The zero-order valence-corrected chi connectivity index (χ0v) is 29.3. The lowest BCUT2D eigenvalue weighted by Gasteiger charge is -2.16. The van der Waals surface area contributed by atoms with E-state index in [1.54, 1.807) is 0 Å². The van der Waals surface area contributed by atoms with E-state index >= 15 is 0 Å². The van der Waals surface area contributed by atoms with E-state index < -0.39 is 0 Å². The van der Waals surface area contributed by atoms with Crippen molar-refractivity contribution in [3.8, 4) is 56.0 Å². The van der Waals surface area contributed by atoms with E-state index in [-0.39, 0.29) is 0 Å². The van der Waals surface area contributed by atoms with E-state index in [1.807, 2.05) is 36.7 Å². The summed E-state index contributed by atoms with van der Waals surface area (Å²) in [6, 6.07) is 53.3. The van der Waals surface area contributed by atoms with Crippen molar-refractivity contribution >= 4 is 38.4 Å². The molecule has 254 valence electrons. The van der Waals surface area contributed by atoms with Gasteiger partial charge in [-0.05, 0) is 93.6 Å². The van der Waals surface area contributed by atoms with Crippen LogP contribution >= 0.6 is 0 Å². The number of aromatic nitrogens is 4. The fourth-order valence-corrected chi connectivity index (χ4v) is 7.48. The molecule has 6 aromatic carbocycles. The normalized spacial score (nSPS) is 12.6. The summed E-state index contributed by atoms with van der Waals surface area (Å²) >= 11 is 0. The van der Waals surface area contributed by atoms with Crippen molar-refractivity contribution in [2.24, 2.45) is 0 Å². The van der Waals surface area contributed by atoms with Crippen LogP contribution in [0.5, 0.6) is 0 Å². The molecule has 0 saturated heterocycles. The lowest BCUT2D eigenvalue weighted by Crippen LogP contribution is -2.14. The van der Waals surface area contributed by atoms with Crippen molar-refractivity contribution in [2.75, 3.05) is 6.54 Å². The standard InChI is InChI=1S/C49H33N5/c1-3-11-32(12-4-1)36-22-23-42-45(31-36)53-49(54-46(42)35-13-5-2-6-14-35)40-28-38(33-18-20-34(21-19-33)44-17-7-8-24-50-44)27-39(29-40)43-30-37-15-9-25-51-47(37)48-41(43)16-10-26-52-48/h1-23,25-31,50H,24H2. The molecule has 5 nitrogen and oxygen atoms in total. The molecule has 0 bridgehead atoms. The van der Waals surface area contributed by atoms with Gasteiger partial charge in [0.05, 0.1) is 22.2 Å². The van der Waals surface area contributed by atoms with Crippen LogP contribution in [0.3, 0.4) is 0 Å². The molecule has 0 amide bonds. The second-order valence-corrected chi connectivity index (χ2v) is 13.5. The fourth-order valence-electron chi connectivity index (χ4n) is 7.48. The number of pyridine rings is 2. The molecule has 4 heterocycles. The summed E-state index contributed by atoms with van der Waals surface area (Å²) in [4.78, 5) is 20.2. The van der Waals surface area contributed by atoms with E-state index in [9.17, 15) is 0 Å². The number of nitrogens with zero attached hydrogens (tertiary/aromatic N) is 4. The summed E-state index contributed by atoms with van der Waals surface area (Å²) in [5.41, 5.74) is 14.4. The van der Waals surface area contributed by atoms with Gasteiger partial charge in [-0.1, -0.05) is 115 Å². The number of benzene rings is 6. The summed E-state index contributed by atoms with van der Waals surface area (Å²) in [5, 5.41) is 6.58. The number of hydrogen-bond acceptors (Lipinski definition) is 5. The van der Waals surface area contributed by atoms with Crippen LogP contribution in [0.15, 0.2) is 182 Å². The van der Waals surface area contributed by atoms with Crippen molar-refractivity contribution in [1.29, 1.82) is 0 Å². The Hall–Kier alpha value is -7.24. The first-order chi connectivity index (χ1) is 26.7. The third-order valence-corrected chi connectivity index (χ3v) is 10.2. The van der Waals surface area contributed by atoms with E-state index in [1.165, 1.54) is 0 Å². The highest BCUT2D eigenvalue weighted by molar-refractivity contribution is 6.10. The van der Waals surface area contributed by atoms with E-state index in [0.717, 1.165) is 101 Å². The fraction of sp³-hybridized carbons (Fsp3) is 0.0204. The van der Waals surface area contributed by atoms with Gasteiger partial charge in [-0.2, -0.15) is 0 Å². The Kier molecular flexibility index (Phi) is 7.81. The minimum Gasteiger partial charge on any atom is -0.381 e. The minimum absolute atomic E-state index is 0.666. The summed E-state index contributed by atoms with van der Waals surface area (Å²) in [5.74, 6) is 0.666. The predicted octanol–water partition coefficient (Wildman–Crippen LogP) is 11.6. The number of dihydropyridines is 1. The average molecular weight is 692 g/mol. The molecule has 0 aliphatic carbocycles. The molecule has 0 unspecified atom stereocenters. The Balaban J connectivity index is 1.21. The highest BCUT2D eigenvalue weighted by atomic mass is 14.9. The van der Waals surface area contributed by atoms with Crippen molar-refractivity contribution < 1.29 is 0 Å². The third kappa shape index (κ3) is 5.78. The van der Waals surface area contributed by atoms with E-state index in [4.69, 9.17) is 19.9 Å². The zero-order chi connectivity index (χ0) is 35.8. The van der Waals surface area contributed by atoms with Crippen LogP contribution in [0.25, 0.3) is 94.4 Å². The van der Waals surface area contributed by atoms with Gasteiger partial charge in [0.1, 0.15) is 0 Å². The summed E-state index contributed by atoms with van der Waals surface area (Å²) in [7, 11) is 0. The first kappa shape index (κ1) is 31.5. The molecule has 0 spiro atoms. The molecule has 0 radical (unpaired) electrons. The Morgan fingerprint density at radius 3 is 1.94 bits per heavy atom. The van der Waals surface area contributed by atoms with Crippen LogP contribution in [0, 0.1) is 0 Å². The van der Waals surface area contributed by atoms with Crippen LogP contribution < -0.4 is 5.32 Å². The van der Waals surface area contributed by atoms with Crippen molar-refractivity contribution in [2.45, 2.75) is 0 Å². The topological polar surface area (TPSA) is 63.6 Å². The van der Waals surface area contributed by atoms with Gasteiger partial charge in [-0.15, -0.1) is 0 Å². The quantitative estimate of drug-likeness (QED) is 0.176. The lowest BCUT2D eigenvalue weighted by molar-refractivity contribution is 0.996. The SMILES string of the molecule is C1=CCNC(c2ccc(-c3cc(-c4nc(-c5ccccc5)c5ccc(-c6ccccc6)cc5n4)cc(-c4cc5cccnc5c5ncccc45)c3)cc2)=C1.